The maximum absolute atomic E-state index is 13.9. The first-order valence-corrected chi connectivity index (χ1v) is 14.5. The quantitative estimate of drug-likeness (QED) is 0.317. The molecular weight excluding hydrogens is 606 g/mol. The fourth-order valence-electron chi connectivity index (χ4n) is 5.71. The van der Waals surface area contributed by atoms with Gasteiger partial charge < -0.3 is 14.8 Å². The molecule has 8 nitrogen and oxygen atoms in total. The Bertz CT molecular complexity index is 1720. The molecule has 1 atom stereocenters. The number of benzene rings is 2. The first-order valence-electron chi connectivity index (χ1n) is 13.7. The van der Waals surface area contributed by atoms with Crippen molar-refractivity contribution in [2.75, 3.05) is 24.5 Å². The van der Waals surface area contributed by atoms with Crippen molar-refractivity contribution in [3.8, 4) is 6.07 Å². The van der Waals surface area contributed by atoms with Gasteiger partial charge in [0.25, 0.3) is 5.56 Å². The van der Waals surface area contributed by atoms with Crippen LogP contribution in [0.3, 0.4) is 0 Å². The minimum absolute atomic E-state index is 0.0426. The second kappa shape index (κ2) is 11.3. The number of fused-ring (bicyclic) bond motifs is 1. The summed E-state index contributed by atoms with van der Waals surface area (Å²) >= 11 is 3.41. The van der Waals surface area contributed by atoms with Gasteiger partial charge in [-0.1, -0.05) is 24.3 Å². The fourth-order valence-corrected chi connectivity index (χ4v) is 6.02. The largest absolute Gasteiger partial charge is 0.365 e. The van der Waals surface area contributed by atoms with Crippen LogP contribution in [-0.4, -0.2) is 52.1 Å². The monoisotopic (exact) mass is 632 g/mol. The van der Waals surface area contributed by atoms with Crippen LogP contribution < -0.4 is 15.8 Å². The average Bonchev–Trinajstić information content (AvgIpc) is 3.81. The zero-order valence-electron chi connectivity index (χ0n) is 22.7. The van der Waals surface area contributed by atoms with Crippen molar-refractivity contribution in [1.82, 2.24) is 19.8 Å². The molecule has 0 spiro atoms. The molecule has 2 aliphatic rings. The SMILES string of the molecule is Cn1c(=O)c(C#N)c(N2CCN(C(c3ccc(F)cc3)c3ccc(F)cc3)C(C(=O)NC3CC3)C2)c2nc(Br)ccc21. The summed E-state index contributed by atoms with van der Waals surface area (Å²) in [5, 5.41) is 13.2. The van der Waals surface area contributed by atoms with Crippen molar-refractivity contribution in [2.45, 2.75) is 31.0 Å². The molecule has 1 aliphatic carbocycles. The molecule has 0 radical (unpaired) electrons. The van der Waals surface area contributed by atoms with Gasteiger partial charge >= 0.3 is 0 Å². The van der Waals surface area contributed by atoms with E-state index in [-0.39, 0.29) is 35.7 Å². The van der Waals surface area contributed by atoms with Crippen LogP contribution in [0.4, 0.5) is 14.5 Å². The van der Waals surface area contributed by atoms with Gasteiger partial charge in [-0.15, -0.1) is 0 Å². The Kier molecular flexibility index (Phi) is 7.51. The fraction of sp³-hybridized carbons (Fsp3) is 0.290. The third-order valence-corrected chi connectivity index (χ3v) is 8.40. The van der Waals surface area contributed by atoms with E-state index in [2.05, 4.69) is 32.3 Å². The van der Waals surface area contributed by atoms with Crippen molar-refractivity contribution in [2.24, 2.45) is 7.05 Å². The number of halogens is 3. The lowest BCUT2D eigenvalue weighted by Gasteiger charge is -2.45. The van der Waals surface area contributed by atoms with Crippen LogP contribution in [0.25, 0.3) is 11.0 Å². The summed E-state index contributed by atoms with van der Waals surface area (Å²) in [6.07, 6.45) is 1.80. The number of anilines is 1. The molecular formula is C31H27BrF2N6O2. The number of carbonyl (C=O) groups is 1. The van der Waals surface area contributed by atoms with Gasteiger partial charge in [-0.3, -0.25) is 14.5 Å². The lowest BCUT2D eigenvalue weighted by Crippen LogP contribution is -2.60. The number of nitrogens with zero attached hydrogens (tertiary/aromatic N) is 5. The lowest BCUT2D eigenvalue weighted by atomic mass is 9.93. The van der Waals surface area contributed by atoms with E-state index in [0.717, 1.165) is 24.0 Å². The Morgan fingerprint density at radius 3 is 2.21 bits per heavy atom. The molecule has 1 amide bonds. The van der Waals surface area contributed by atoms with Crippen LogP contribution in [0.5, 0.6) is 0 Å². The zero-order valence-corrected chi connectivity index (χ0v) is 24.3. The molecule has 6 rings (SSSR count). The van der Waals surface area contributed by atoms with E-state index in [4.69, 9.17) is 0 Å². The van der Waals surface area contributed by atoms with Gasteiger partial charge in [0.2, 0.25) is 5.91 Å². The number of nitriles is 1. The second-order valence-electron chi connectivity index (χ2n) is 10.7. The van der Waals surface area contributed by atoms with Crippen molar-refractivity contribution in [3.05, 3.63) is 104 Å². The van der Waals surface area contributed by atoms with Gasteiger partial charge in [0.1, 0.15) is 39.4 Å². The molecule has 0 bridgehead atoms. The van der Waals surface area contributed by atoms with Gasteiger partial charge in [-0.2, -0.15) is 5.26 Å². The predicted molar refractivity (Wildman–Crippen MR) is 158 cm³/mol. The van der Waals surface area contributed by atoms with E-state index in [1.54, 1.807) is 43.4 Å². The molecule has 11 heteroatoms. The summed E-state index contributed by atoms with van der Waals surface area (Å²) in [4.78, 5) is 35.7. The summed E-state index contributed by atoms with van der Waals surface area (Å²) in [6, 6.07) is 16.7. The third kappa shape index (κ3) is 5.28. The lowest BCUT2D eigenvalue weighted by molar-refractivity contribution is -0.127. The number of hydrogen-bond donors (Lipinski definition) is 1. The molecule has 1 unspecified atom stereocenters. The Morgan fingerprint density at radius 2 is 1.64 bits per heavy atom. The molecule has 214 valence electrons. The van der Waals surface area contributed by atoms with Gasteiger partial charge in [0.05, 0.1) is 17.2 Å². The highest BCUT2D eigenvalue weighted by Crippen LogP contribution is 2.36. The number of aromatic nitrogens is 2. The minimum Gasteiger partial charge on any atom is -0.365 e. The normalized spacial score (nSPS) is 17.4. The van der Waals surface area contributed by atoms with Crippen LogP contribution >= 0.6 is 15.9 Å². The number of carbonyl (C=O) groups excluding carboxylic acids is 1. The van der Waals surface area contributed by atoms with E-state index in [9.17, 15) is 23.6 Å². The standard InChI is InChI=1S/C31H27BrF2N6O2/c1-38-24-12-13-26(32)37-27(24)29(23(16-35)31(38)42)39-14-15-40(25(17-39)30(41)36-22-10-11-22)28(18-2-6-20(33)7-3-18)19-4-8-21(34)9-5-19/h2-9,12-13,22,25,28H,10-11,14-15,17H2,1H3,(H,36,41). The molecule has 2 fully saturated rings. The highest BCUT2D eigenvalue weighted by Gasteiger charge is 2.40. The predicted octanol–water partition coefficient (Wildman–Crippen LogP) is 4.40. The molecule has 1 saturated carbocycles. The third-order valence-electron chi connectivity index (χ3n) is 7.96. The van der Waals surface area contributed by atoms with Crippen LogP contribution in [0.15, 0.2) is 70.1 Å². The summed E-state index contributed by atoms with van der Waals surface area (Å²) < 4.78 is 29.8. The van der Waals surface area contributed by atoms with Crippen molar-refractivity contribution >= 4 is 38.6 Å². The molecule has 1 aliphatic heterocycles. The van der Waals surface area contributed by atoms with Gasteiger partial charge in [0.15, 0.2) is 0 Å². The number of hydrogen-bond acceptors (Lipinski definition) is 6. The van der Waals surface area contributed by atoms with Crippen LogP contribution in [-0.2, 0) is 11.8 Å². The highest BCUT2D eigenvalue weighted by atomic mass is 79.9. The van der Waals surface area contributed by atoms with E-state index >= 15 is 0 Å². The topological polar surface area (TPSA) is 94.3 Å². The maximum Gasteiger partial charge on any atom is 0.270 e. The van der Waals surface area contributed by atoms with Gasteiger partial charge in [0, 0.05) is 32.7 Å². The average molecular weight is 633 g/mol. The zero-order chi connectivity index (χ0) is 29.5. The van der Waals surface area contributed by atoms with Crippen LogP contribution in [0.2, 0.25) is 0 Å². The van der Waals surface area contributed by atoms with Crippen LogP contribution in [0.1, 0.15) is 35.6 Å². The summed E-state index contributed by atoms with van der Waals surface area (Å²) in [6.45, 7) is 0.900. The molecule has 2 aromatic heterocycles. The molecule has 42 heavy (non-hydrogen) atoms. The van der Waals surface area contributed by atoms with Gasteiger partial charge in [-0.25, -0.2) is 13.8 Å². The number of rotatable bonds is 6. The Balaban J connectivity index is 1.47. The van der Waals surface area contributed by atoms with Gasteiger partial charge in [-0.05, 0) is 76.3 Å². The first-order chi connectivity index (χ1) is 20.2. The maximum atomic E-state index is 13.9. The Hall–Kier alpha value is -4.14. The molecule has 1 saturated heterocycles. The molecule has 3 heterocycles. The Morgan fingerprint density at radius 1 is 1.02 bits per heavy atom. The van der Waals surface area contributed by atoms with Crippen LogP contribution in [0, 0.1) is 23.0 Å². The van der Waals surface area contributed by atoms with E-state index in [1.165, 1.54) is 28.8 Å². The Labute approximate surface area is 249 Å². The number of pyridine rings is 2. The highest BCUT2D eigenvalue weighted by molar-refractivity contribution is 9.10. The van der Waals surface area contributed by atoms with Crippen molar-refractivity contribution < 1.29 is 13.6 Å². The number of aryl methyl sites for hydroxylation is 1. The summed E-state index contributed by atoms with van der Waals surface area (Å²) in [5.74, 6) is -0.952. The molecule has 2 aromatic carbocycles. The van der Waals surface area contributed by atoms with E-state index in [1.807, 2.05) is 9.80 Å². The van der Waals surface area contributed by atoms with E-state index in [0.29, 0.717) is 34.4 Å². The van der Waals surface area contributed by atoms with Crippen molar-refractivity contribution in [1.29, 1.82) is 5.26 Å². The minimum atomic E-state index is -0.711. The first kappa shape index (κ1) is 28.0. The summed E-state index contributed by atoms with van der Waals surface area (Å²) in [5.41, 5.74) is 2.45. The van der Waals surface area contributed by atoms with Crippen molar-refractivity contribution in [3.63, 3.8) is 0 Å². The number of amides is 1. The number of nitrogens with one attached hydrogen (secondary N) is 1. The smallest absolute Gasteiger partial charge is 0.270 e. The van der Waals surface area contributed by atoms with E-state index < -0.39 is 17.6 Å². The summed E-state index contributed by atoms with van der Waals surface area (Å²) in [7, 11) is 1.60. The number of piperazine rings is 1. The molecule has 4 aromatic rings. The molecule has 1 N–H and O–H groups in total. The second-order valence-corrected chi connectivity index (χ2v) is 11.5.